The molecule has 0 aliphatic rings. The summed E-state index contributed by atoms with van der Waals surface area (Å²) in [6, 6.07) is 7.93. The molecule has 0 radical (unpaired) electrons. The van der Waals surface area contributed by atoms with Crippen LogP contribution < -0.4 is 5.32 Å². The summed E-state index contributed by atoms with van der Waals surface area (Å²) in [5.41, 5.74) is 4.98. The minimum atomic E-state index is -0.0186. The number of aromatic nitrogens is 2. The molecule has 0 atom stereocenters. The van der Waals surface area contributed by atoms with Gasteiger partial charge in [-0.05, 0) is 38.5 Å². The molecular formula is C15H19N3O. The number of hydrogen-bond acceptors (Lipinski definition) is 2. The van der Waals surface area contributed by atoms with Gasteiger partial charge in [-0.3, -0.25) is 9.48 Å². The summed E-state index contributed by atoms with van der Waals surface area (Å²) >= 11 is 0. The predicted octanol–water partition coefficient (Wildman–Crippen LogP) is 2.53. The highest BCUT2D eigenvalue weighted by molar-refractivity contribution is 5.92. The van der Waals surface area contributed by atoms with Gasteiger partial charge in [0.1, 0.15) is 0 Å². The minimum Gasteiger partial charge on any atom is -0.326 e. The first-order chi connectivity index (χ1) is 8.95. The number of anilines is 1. The Morgan fingerprint density at radius 1 is 1.26 bits per heavy atom. The van der Waals surface area contributed by atoms with Crippen molar-refractivity contribution < 1.29 is 4.79 Å². The fraction of sp³-hybridized carbons (Fsp3) is 0.333. The Labute approximate surface area is 113 Å². The monoisotopic (exact) mass is 257 g/mol. The largest absolute Gasteiger partial charge is 0.326 e. The third kappa shape index (κ3) is 3.22. The Balaban J connectivity index is 2.07. The second-order valence-electron chi connectivity index (χ2n) is 4.94. The van der Waals surface area contributed by atoms with Gasteiger partial charge >= 0.3 is 0 Å². The van der Waals surface area contributed by atoms with Crippen molar-refractivity contribution in [1.82, 2.24) is 9.78 Å². The lowest BCUT2D eigenvalue weighted by atomic mass is 10.1. The van der Waals surface area contributed by atoms with Crippen molar-refractivity contribution in [1.29, 1.82) is 0 Å². The van der Waals surface area contributed by atoms with E-state index < -0.39 is 0 Å². The average molecular weight is 257 g/mol. The van der Waals surface area contributed by atoms with Gasteiger partial charge in [-0.25, -0.2) is 0 Å². The zero-order valence-electron chi connectivity index (χ0n) is 11.8. The van der Waals surface area contributed by atoms with E-state index in [9.17, 15) is 4.79 Å². The van der Waals surface area contributed by atoms with E-state index >= 15 is 0 Å². The summed E-state index contributed by atoms with van der Waals surface area (Å²) in [4.78, 5) is 12.0. The van der Waals surface area contributed by atoms with Crippen LogP contribution in [0.3, 0.4) is 0 Å². The van der Waals surface area contributed by atoms with Gasteiger partial charge in [0.15, 0.2) is 0 Å². The average Bonchev–Trinajstić information content (AvgIpc) is 2.61. The topological polar surface area (TPSA) is 46.9 Å². The van der Waals surface area contributed by atoms with Crippen LogP contribution in [0.4, 0.5) is 5.69 Å². The molecule has 0 aliphatic heterocycles. The normalized spacial score (nSPS) is 10.5. The molecule has 19 heavy (non-hydrogen) atoms. The van der Waals surface area contributed by atoms with Gasteiger partial charge in [-0.1, -0.05) is 17.7 Å². The van der Waals surface area contributed by atoms with Crippen molar-refractivity contribution in [3.8, 4) is 0 Å². The highest BCUT2D eigenvalue weighted by Gasteiger charge is 2.09. The van der Waals surface area contributed by atoms with E-state index in [4.69, 9.17) is 0 Å². The van der Waals surface area contributed by atoms with Crippen LogP contribution >= 0.6 is 0 Å². The van der Waals surface area contributed by atoms with E-state index in [1.165, 1.54) is 5.56 Å². The van der Waals surface area contributed by atoms with Gasteiger partial charge in [0, 0.05) is 18.4 Å². The zero-order chi connectivity index (χ0) is 14.0. The number of nitrogens with one attached hydrogen (secondary N) is 1. The highest BCUT2D eigenvalue weighted by atomic mass is 16.1. The van der Waals surface area contributed by atoms with Crippen LogP contribution in [0.5, 0.6) is 0 Å². The van der Waals surface area contributed by atoms with E-state index in [1.54, 1.807) is 4.68 Å². The smallest absolute Gasteiger partial charge is 0.230 e. The van der Waals surface area contributed by atoms with Crippen molar-refractivity contribution >= 4 is 11.6 Å². The second kappa shape index (κ2) is 5.26. The molecule has 4 heteroatoms. The van der Waals surface area contributed by atoms with Crippen LogP contribution in [-0.2, 0) is 18.3 Å². The van der Waals surface area contributed by atoms with E-state index in [1.807, 2.05) is 46.0 Å². The maximum atomic E-state index is 12.0. The molecule has 2 aromatic rings. The third-order valence-electron chi connectivity index (χ3n) is 3.10. The molecule has 1 amide bonds. The molecule has 0 unspecified atom stereocenters. The first-order valence-corrected chi connectivity index (χ1v) is 6.32. The minimum absolute atomic E-state index is 0.0186. The Kier molecular flexibility index (Phi) is 3.69. The summed E-state index contributed by atoms with van der Waals surface area (Å²) in [6.07, 6.45) is 0.338. The Bertz CT molecular complexity index is 614. The Morgan fingerprint density at radius 2 is 2.00 bits per heavy atom. The van der Waals surface area contributed by atoms with Gasteiger partial charge in [-0.2, -0.15) is 5.10 Å². The molecule has 0 fully saturated rings. The van der Waals surface area contributed by atoms with Crippen LogP contribution in [-0.4, -0.2) is 15.7 Å². The predicted molar refractivity (Wildman–Crippen MR) is 76.2 cm³/mol. The summed E-state index contributed by atoms with van der Waals surface area (Å²) in [7, 11) is 1.85. The number of rotatable bonds is 3. The van der Waals surface area contributed by atoms with Crippen LogP contribution in [0.1, 0.15) is 22.5 Å². The molecule has 0 spiro atoms. The van der Waals surface area contributed by atoms with E-state index in [0.717, 1.165) is 22.6 Å². The molecule has 100 valence electrons. The summed E-state index contributed by atoms with van der Waals surface area (Å²) in [5, 5.41) is 7.18. The van der Waals surface area contributed by atoms with Crippen molar-refractivity contribution in [3.05, 3.63) is 46.8 Å². The van der Waals surface area contributed by atoms with Gasteiger partial charge < -0.3 is 5.32 Å². The third-order valence-corrected chi connectivity index (χ3v) is 3.10. The fourth-order valence-corrected chi connectivity index (χ4v) is 2.14. The van der Waals surface area contributed by atoms with Gasteiger partial charge in [0.25, 0.3) is 0 Å². The summed E-state index contributed by atoms with van der Waals surface area (Å²) in [6.45, 7) is 5.96. The molecule has 4 nitrogen and oxygen atoms in total. The van der Waals surface area contributed by atoms with Crippen molar-refractivity contribution in [2.45, 2.75) is 27.2 Å². The number of aryl methyl sites for hydroxylation is 4. The van der Waals surface area contributed by atoms with E-state index in [-0.39, 0.29) is 5.91 Å². The van der Waals surface area contributed by atoms with E-state index in [0.29, 0.717) is 6.42 Å². The quantitative estimate of drug-likeness (QED) is 0.918. The number of benzene rings is 1. The molecule has 0 aliphatic carbocycles. The van der Waals surface area contributed by atoms with Gasteiger partial charge in [0.2, 0.25) is 5.91 Å². The van der Waals surface area contributed by atoms with Crippen molar-refractivity contribution in [3.63, 3.8) is 0 Å². The zero-order valence-corrected chi connectivity index (χ0v) is 11.8. The van der Waals surface area contributed by atoms with Crippen LogP contribution in [0.15, 0.2) is 24.3 Å². The Morgan fingerprint density at radius 3 is 2.58 bits per heavy atom. The highest BCUT2D eigenvalue weighted by Crippen LogP contribution is 2.16. The standard InChI is InChI=1S/C15H19N3O/c1-10-5-6-14(11(2)7-10)16-15(19)9-13-8-12(3)17-18(13)4/h5-8H,9H2,1-4H3,(H,16,19). The lowest BCUT2D eigenvalue weighted by Crippen LogP contribution is -2.17. The second-order valence-corrected chi connectivity index (χ2v) is 4.94. The molecule has 1 N–H and O–H groups in total. The SMILES string of the molecule is Cc1ccc(NC(=O)Cc2cc(C)nn2C)c(C)c1. The number of carbonyl (C=O) groups is 1. The van der Waals surface area contributed by atoms with Crippen molar-refractivity contribution in [2.75, 3.05) is 5.32 Å². The summed E-state index contributed by atoms with van der Waals surface area (Å²) in [5.74, 6) is -0.0186. The molecule has 0 saturated carbocycles. The molecule has 0 bridgehead atoms. The maximum Gasteiger partial charge on any atom is 0.230 e. The number of hydrogen-bond donors (Lipinski definition) is 1. The molecule has 2 rings (SSSR count). The summed E-state index contributed by atoms with van der Waals surface area (Å²) < 4.78 is 1.75. The molecule has 1 heterocycles. The Hall–Kier alpha value is -2.10. The lowest BCUT2D eigenvalue weighted by Gasteiger charge is -2.09. The number of carbonyl (C=O) groups excluding carboxylic acids is 1. The number of amides is 1. The fourth-order valence-electron chi connectivity index (χ4n) is 2.14. The van der Waals surface area contributed by atoms with E-state index in [2.05, 4.69) is 16.5 Å². The molecule has 1 aromatic heterocycles. The van der Waals surface area contributed by atoms with Gasteiger partial charge in [-0.15, -0.1) is 0 Å². The number of nitrogens with zero attached hydrogens (tertiary/aromatic N) is 2. The lowest BCUT2D eigenvalue weighted by molar-refractivity contribution is -0.115. The maximum absolute atomic E-state index is 12.0. The van der Waals surface area contributed by atoms with Gasteiger partial charge in [0.05, 0.1) is 12.1 Å². The van der Waals surface area contributed by atoms with Crippen LogP contribution in [0, 0.1) is 20.8 Å². The molecule has 0 saturated heterocycles. The van der Waals surface area contributed by atoms with Crippen LogP contribution in [0.2, 0.25) is 0 Å². The molecular weight excluding hydrogens is 238 g/mol. The van der Waals surface area contributed by atoms with Crippen LogP contribution in [0.25, 0.3) is 0 Å². The first-order valence-electron chi connectivity index (χ1n) is 6.32. The first kappa shape index (κ1) is 13.3. The van der Waals surface area contributed by atoms with Crippen molar-refractivity contribution in [2.24, 2.45) is 7.05 Å². The molecule has 1 aromatic carbocycles.